The van der Waals surface area contributed by atoms with Crippen LogP contribution in [0.5, 0.6) is 5.75 Å². The third-order valence-electron chi connectivity index (χ3n) is 6.33. The highest BCUT2D eigenvalue weighted by atomic mass is 79.9. The first-order chi connectivity index (χ1) is 14.9. The molecule has 31 heavy (non-hydrogen) atoms. The molecule has 0 radical (unpaired) electrons. The third kappa shape index (κ3) is 3.65. The summed E-state index contributed by atoms with van der Waals surface area (Å²) < 4.78 is 7.34. The number of nitrogens with one attached hydrogen (secondary N) is 2. The molecule has 7 nitrogen and oxygen atoms in total. The van der Waals surface area contributed by atoms with Crippen LogP contribution in [0.15, 0.2) is 53.1 Å². The zero-order valence-corrected chi connectivity index (χ0v) is 18.3. The molecule has 3 aromatic rings. The molecule has 1 spiro atoms. The van der Waals surface area contributed by atoms with Crippen molar-refractivity contribution in [2.45, 2.75) is 30.9 Å². The molecule has 3 N–H and O–H groups in total. The van der Waals surface area contributed by atoms with Gasteiger partial charge in [-0.25, -0.2) is 4.79 Å². The highest BCUT2D eigenvalue weighted by Gasteiger charge is 2.44. The molecule has 2 aliphatic heterocycles. The first-order valence-corrected chi connectivity index (χ1v) is 11.1. The van der Waals surface area contributed by atoms with Crippen LogP contribution < -0.4 is 10.1 Å². The average molecular weight is 484 g/mol. The van der Waals surface area contributed by atoms with Crippen molar-refractivity contribution in [3.05, 3.63) is 64.3 Å². The highest BCUT2D eigenvalue weighted by molar-refractivity contribution is 9.10. The lowest BCUT2D eigenvalue weighted by Gasteiger charge is -2.46. The van der Waals surface area contributed by atoms with Gasteiger partial charge in [-0.2, -0.15) is 0 Å². The van der Waals surface area contributed by atoms with Crippen LogP contribution >= 0.6 is 15.9 Å². The quantitative estimate of drug-likeness (QED) is 0.492. The molecule has 1 atom stereocenters. The Morgan fingerprint density at radius 2 is 2.00 bits per heavy atom. The number of carboxylic acid groups (broad SMARTS) is 1. The number of hydrogen-bond donors (Lipinski definition) is 3. The molecule has 1 unspecified atom stereocenters. The summed E-state index contributed by atoms with van der Waals surface area (Å²) in [5.41, 5.74) is 1.84. The monoisotopic (exact) mass is 483 g/mol. The number of nitrogens with zero attached hydrogens (tertiary/aromatic N) is 1. The molecule has 1 aromatic heterocycles. The average Bonchev–Trinajstić information content (AvgIpc) is 3.23. The second kappa shape index (κ2) is 7.60. The molecule has 3 heterocycles. The van der Waals surface area contributed by atoms with Gasteiger partial charge in [0.05, 0.1) is 17.1 Å². The first kappa shape index (κ1) is 19.9. The minimum absolute atomic E-state index is 0.149. The maximum Gasteiger partial charge on any atom is 0.407 e. The van der Waals surface area contributed by atoms with Crippen LogP contribution in [0.4, 0.5) is 4.79 Å². The molecule has 2 aliphatic rings. The third-order valence-corrected chi connectivity index (χ3v) is 6.83. The van der Waals surface area contributed by atoms with Crippen LogP contribution in [0.3, 0.4) is 0 Å². The zero-order valence-electron chi connectivity index (χ0n) is 16.7. The number of carbonyl (C=O) groups is 2. The van der Waals surface area contributed by atoms with Crippen molar-refractivity contribution < 1.29 is 19.4 Å². The van der Waals surface area contributed by atoms with E-state index in [-0.39, 0.29) is 11.9 Å². The van der Waals surface area contributed by atoms with Crippen LogP contribution in [0.25, 0.3) is 10.9 Å². The number of fused-ring (bicyclic) bond motifs is 2. The van der Waals surface area contributed by atoms with E-state index in [9.17, 15) is 14.7 Å². The van der Waals surface area contributed by atoms with E-state index >= 15 is 0 Å². The number of hydrogen-bond acceptors (Lipinski definition) is 3. The van der Waals surface area contributed by atoms with Crippen molar-refractivity contribution in [1.29, 1.82) is 0 Å². The van der Waals surface area contributed by atoms with E-state index in [0.717, 1.165) is 26.7 Å². The van der Waals surface area contributed by atoms with E-state index in [2.05, 4.69) is 26.2 Å². The number of rotatable bonds is 2. The van der Waals surface area contributed by atoms with E-state index in [1.807, 2.05) is 48.7 Å². The molecule has 8 heteroatoms. The lowest BCUT2D eigenvalue weighted by molar-refractivity contribution is -0.0205. The molecule has 1 fully saturated rings. The van der Waals surface area contributed by atoms with E-state index in [1.165, 1.54) is 4.90 Å². The summed E-state index contributed by atoms with van der Waals surface area (Å²) in [6.07, 6.45) is 2.70. The summed E-state index contributed by atoms with van der Waals surface area (Å²) in [7, 11) is 0. The predicted octanol–water partition coefficient (Wildman–Crippen LogP) is 4.70. The molecule has 2 aromatic carbocycles. The largest absolute Gasteiger partial charge is 0.487 e. The maximum atomic E-state index is 13.3. The van der Waals surface area contributed by atoms with Crippen molar-refractivity contribution in [3.63, 3.8) is 0 Å². The molecule has 160 valence electrons. The van der Waals surface area contributed by atoms with Gasteiger partial charge >= 0.3 is 6.09 Å². The second-order valence-corrected chi connectivity index (χ2v) is 9.13. The van der Waals surface area contributed by atoms with Gasteiger partial charge in [-0.1, -0.05) is 28.1 Å². The minimum atomic E-state index is -0.904. The highest BCUT2D eigenvalue weighted by Crippen LogP contribution is 2.45. The van der Waals surface area contributed by atoms with Crippen molar-refractivity contribution in [2.24, 2.45) is 0 Å². The lowest BCUT2D eigenvalue weighted by atomic mass is 9.80. The molecular formula is C23H22BrN3O4. The van der Waals surface area contributed by atoms with Crippen LogP contribution in [0.2, 0.25) is 0 Å². The number of likely N-dealkylation sites (tertiary alicyclic amines) is 1. The Bertz CT molecular complexity index is 1170. The molecule has 2 amide bonds. The zero-order chi connectivity index (χ0) is 21.6. The van der Waals surface area contributed by atoms with Gasteiger partial charge in [0.15, 0.2) is 0 Å². The van der Waals surface area contributed by atoms with Gasteiger partial charge in [-0.05, 0) is 30.3 Å². The van der Waals surface area contributed by atoms with E-state index in [1.54, 1.807) is 0 Å². The summed E-state index contributed by atoms with van der Waals surface area (Å²) in [6.45, 7) is 0.841. The number of aromatic amines is 1. The fourth-order valence-electron chi connectivity index (χ4n) is 4.69. The smallest absolute Gasteiger partial charge is 0.407 e. The number of H-pyrrole nitrogens is 1. The molecule has 1 saturated heterocycles. The van der Waals surface area contributed by atoms with Crippen LogP contribution in [0.1, 0.15) is 41.2 Å². The number of halogens is 1. The minimum Gasteiger partial charge on any atom is -0.487 e. The molecule has 0 aliphatic carbocycles. The number of amides is 2. The Morgan fingerprint density at radius 1 is 1.19 bits per heavy atom. The summed E-state index contributed by atoms with van der Waals surface area (Å²) >= 11 is 3.52. The Kier molecular flexibility index (Phi) is 4.89. The lowest BCUT2D eigenvalue weighted by Crippen LogP contribution is -2.53. The normalized spacial score (nSPS) is 19.6. The van der Waals surface area contributed by atoms with Crippen molar-refractivity contribution in [3.8, 4) is 5.75 Å². The van der Waals surface area contributed by atoms with E-state index < -0.39 is 11.7 Å². The van der Waals surface area contributed by atoms with Gasteiger partial charge in [0.2, 0.25) is 0 Å². The summed E-state index contributed by atoms with van der Waals surface area (Å²) in [4.78, 5) is 29.2. The van der Waals surface area contributed by atoms with Gasteiger partial charge in [0.1, 0.15) is 11.4 Å². The number of carbonyl (C=O) groups excluding carboxylic acids is 1. The standard InChI is InChI=1S/C23H22BrN3O4/c24-15-4-5-19-17(12-15)18(13-23(31-19)7-10-27(11-8-23)22(29)30)26-21(28)16-3-1-2-14-6-9-25-20(14)16/h1-6,9,12,18,25H,7-8,10-11,13H2,(H,26,28)(H,29,30). The van der Waals surface area contributed by atoms with Gasteiger partial charge in [0.25, 0.3) is 5.91 Å². The number of ether oxygens (including phenoxy) is 1. The van der Waals surface area contributed by atoms with E-state index in [0.29, 0.717) is 37.9 Å². The Hall–Kier alpha value is -3.00. The van der Waals surface area contributed by atoms with Crippen molar-refractivity contribution in [1.82, 2.24) is 15.2 Å². The molecule has 5 rings (SSSR count). The van der Waals surface area contributed by atoms with Crippen LogP contribution in [-0.2, 0) is 0 Å². The Balaban J connectivity index is 1.45. The fraction of sp³-hybridized carbons (Fsp3) is 0.304. The SMILES string of the molecule is O=C(NC1CC2(CCN(C(=O)O)CC2)Oc2ccc(Br)cc21)c1cccc2cc[nH]c12. The van der Waals surface area contributed by atoms with Crippen LogP contribution in [0, 0.1) is 0 Å². The molecular weight excluding hydrogens is 462 g/mol. The topological polar surface area (TPSA) is 94.7 Å². The number of benzene rings is 2. The predicted molar refractivity (Wildman–Crippen MR) is 119 cm³/mol. The number of aromatic nitrogens is 1. The fourth-order valence-corrected chi connectivity index (χ4v) is 5.07. The Labute approximate surface area is 187 Å². The summed E-state index contributed by atoms with van der Waals surface area (Å²) in [5.74, 6) is 0.589. The number of para-hydroxylation sites is 1. The summed E-state index contributed by atoms with van der Waals surface area (Å²) in [5, 5.41) is 13.5. The van der Waals surface area contributed by atoms with E-state index in [4.69, 9.17) is 4.74 Å². The Morgan fingerprint density at radius 3 is 2.77 bits per heavy atom. The maximum absolute atomic E-state index is 13.3. The molecule has 0 bridgehead atoms. The number of piperidine rings is 1. The van der Waals surface area contributed by atoms with Gasteiger partial charge in [0, 0.05) is 54.0 Å². The van der Waals surface area contributed by atoms with Crippen molar-refractivity contribution in [2.75, 3.05) is 13.1 Å². The van der Waals surface area contributed by atoms with Crippen molar-refractivity contribution >= 4 is 38.8 Å². The first-order valence-electron chi connectivity index (χ1n) is 10.3. The van der Waals surface area contributed by atoms with Gasteiger partial charge < -0.3 is 25.0 Å². The van der Waals surface area contributed by atoms with Gasteiger partial charge in [-0.15, -0.1) is 0 Å². The van der Waals surface area contributed by atoms with Crippen LogP contribution in [-0.4, -0.2) is 45.7 Å². The second-order valence-electron chi connectivity index (χ2n) is 8.21. The van der Waals surface area contributed by atoms with Gasteiger partial charge in [-0.3, -0.25) is 4.79 Å². The summed E-state index contributed by atoms with van der Waals surface area (Å²) in [6, 6.07) is 13.2. The molecule has 0 saturated carbocycles.